The molecule has 0 aromatic heterocycles. The smallest absolute Gasteiger partial charge is 0.331 e. The van der Waals surface area contributed by atoms with Crippen LogP contribution in [0.15, 0.2) is 48.6 Å². The summed E-state index contributed by atoms with van der Waals surface area (Å²) in [7, 11) is 4.93. The molecule has 2 aromatic carbocycles. The van der Waals surface area contributed by atoms with Gasteiger partial charge in [0.15, 0.2) is 11.5 Å². The largest absolute Gasteiger partial charge is 0.497 e. The van der Waals surface area contributed by atoms with E-state index in [4.69, 9.17) is 24.1 Å². The van der Waals surface area contributed by atoms with Gasteiger partial charge >= 0.3 is 11.9 Å². The summed E-state index contributed by atoms with van der Waals surface area (Å²) in [6.45, 7) is 1.80. The van der Waals surface area contributed by atoms with Crippen molar-refractivity contribution in [2.75, 3.05) is 41.0 Å². The number of rotatable bonds is 11. The van der Waals surface area contributed by atoms with Crippen molar-refractivity contribution in [3.8, 4) is 17.2 Å². The molecule has 1 aliphatic rings. The highest BCUT2D eigenvalue weighted by Crippen LogP contribution is 2.39. The Morgan fingerprint density at radius 2 is 1.74 bits per heavy atom. The average Bonchev–Trinajstić information content (AvgIpc) is 2.85. The number of aliphatic carboxylic acids is 1. The Bertz CT molecular complexity index is 1020. The number of carbonyl (C=O) groups excluding carboxylic acids is 1. The van der Waals surface area contributed by atoms with Crippen LogP contribution in [0.5, 0.6) is 17.2 Å². The standard InChI is InChI=1S/C26H31NO7/c1-31-20-7-5-18(6-8-20)15-22-21-17-24(33-3)23(32-2)16-19(21)11-13-27(22)12-4-14-34-26(30)10-9-25(28)29/h5-10,16-17,22H,4,11-15H2,1-3H3,(H,28,29). The fraction of sp³-hybridized carbons (Fsp3) is 0.385. The fourth-order valence-corrected chi connectivity index (χ4v) is 4.20. The zero-order valence-corrected chi connectivity index (χ0v) is 19.8. The fourth-order valence-electron chi connectivity index (χ4n) is 4.20. The number of methoxy groups -OCH3 is 3. The van der Waals surface area contributed by atoms with E-state index in [-0.39, 0.29) is 12.6 Å². The number of benzene rings is 2. The van der Waals surface area contributed by atoms with Gasteiger partial charge in [-0.3, -0.25) is 4.90 Å². The van der Waals surface area contributed by atoms with E-state index in [0.717, 1.165) is 49.6 Å². The van der Waals surface area contributed by atoms with Crippen LogP contribution in [0.25, 0.3) is 0 Å². The Balaban J connectivity index is 1.76. The summed E-state index contributed by atoms with van der Waals surface area (Å²) in [5, 5.41) is 8.61. The van der Waals surface area contributed by atoms with Crippen LogP contribution in [0.2, 0.25) is 0 Å². The zero-order valence-electron chi connectivity index (χ0n) is 19.8. The van der Waals surface area contributed by atoms with Crippen LogP contribution in [-0.2, 0) is 27.2 Å². The van der Waals surface area contributed by atoms with Gasteiger partial charge in [0.1, 0.15) is 5.75 Å². The summed E-state index contributed by atoms with van der Waals surface area (Å²) in [4.78, 5) is 24.5. The molecular weight excluding hydrogens is 438 g/mol. The van der Waals surface area contributed by atoms with Crippen molar-refractivity contribution in [3.05, 3.63) is 65.2 Å². The molecule has 1 atom stereocenters. The average molecular weight is 470 g/mol. The third kappa shape index (κ3) is 6.51. The predicted molar refractivity (Wildman–Crippen MR) is 127 cm³/mol. The van der Waals surface area contributed by atoms with Gasteiger partial charge in [0.25, 0.3) is 0 Å². The van der Waals surface area contributed by atoms with E-state index in [2.05, 4.69) is 29.2 Å². The van der Waals surface area contributed by atoms with E-state index in [9.17, 15) is 9.59 Å². The highest BCUT2D eigenvalue weighted by Gasteiger charge is 2.29. The molecule has 0 aliphatic carbocycles. The molecule has 34 heavy (non-hydrogen) atoms. The third-order valence-corrected chi connectivity index (χ3v) is 5.90. The maximum atomic E-state index is 11.6. The Morgan fingerprint density at radius 1 is 1.03 bits per heavy atom. The van der Waals surface area contributed by atoms with Crippen LogP contribution in [-0.4, -0.2) is 63.0 Å². The molecule has 1 unspecified atom stereocenters. The molecule has 0 saturated heterocycles. The zero-order chi connectivity index (χ0) is 24.5. The van der Waals surface area contributed by atoms with Crippen LogP contribution in [0.3, 0.4) is 0 Å². The van der Waals surface area contributed by atoms with Crippen molar-refractivity contribution >= 4 is 11.9 Å². The first-order valence-corrected chi connectivity index (χ1v) is 11.1. The molecule has 0 saturated carbocycles. The topological polar surface area (TPSA) is 94.5 Å². The van der Waals surface area contributed by atoms with Gasteiger partial charge in [-0.05, 0) is 60.2 Å². The number of fused-ring (bicyclic) bond motifs is 1. The molecule has 0 spiro atoms. The molecule has 1 heterocycles. The highest BCUT2D eigenvalue weighted by atomic mass is 16.5. The quantitative estimate of drug-likeness (QED) is 0.304. The van der Waals surface area contributed by atoms with Crippen LogP contribution >= 0.6 is 0 Å². The summed E-state index contributed by atoms with van der Waals surface area (Å²) in [6.07, 6.45) is 4.00. The number of nitrogens with zero attached hydrogens (tertiary/aromatic N) is 1. The molecule has 3 rings (SSSR count). The number of hydrogen-bond acceptors (Lipinski definition) is 7. The molecule has 0 radical (unpaired) electrons. The molecule has 1 aliphatic heterocycles. The van der Waals surface area contributed by atoms with Crippen molar-refractivity contribution in [3.63, 3.8) is 0 Å². The van der Waals surface area contributed by atoms with Gasteiger partial charge in [-0.25, -0.2) is 9.59 Å². The number of carboxylic acids is 1. The van der Waals surface area contributed by atoms with Crippen molar-refractivity contribution in [1.29, 1.82) is 0 Å². The molecule has 0 bridgehead atoms. The molecular formula is C26H31NO7. The van der Waals surface area contributed by atoms with E-state index < -0.39 is 11.9 Å². The van der Waals surface area contributed by atoms with E-state index in [1.807, 2.05) is 12.1 Å². The van der Waals surface area contributed by atoms with E-state index in [1.54, 1.807) is 21.3 Å². The summed E-state index contributed by atoms with van der Waals surface area (Å²) in [5.41, 5.74) is 3.61. The maximum Gasteiger partial charge on any atom is 0.331 e. The molecule has 8 nitrogen and oxygen atoms in total. The number of ether oxygens (including phenoxy) is 4. The van der Waals surface area contributed by atoms with Crippen molar-refractivity contribution in [1.82, 2.24) is 4.90 Å². The van der Waals surface area contributed by atoms with Crippen molar-refractivity contribution in [2.24, 2.45) is 0 Å². The van der Waals surface area contributed by atoms with Gasteiger partial charge in [0, 0.05) is 31.3 Å². The summed E-state index contributed by atoms with van der Waals surface area (Å²) < 4.78 is 21.5. The Labute approximate surface area is 199 Å². The number of carbonyl (C=O) groups is 2. The third-order valence-electron chi connectivity index (χ3n) is 5.90. The summed E-state index contributed by atoms with van der Waals surface area (Å²) in [5.74, 6) is 0.395. The molecule has 2 aromatic rings. The SMILES string of the molecule is COc1ccc(CC2c3cc(OC)c(OC)cc3CCN2CCCOC(=O)C=CC(=O)O)cc1. The first kappa shape index (κ1) is 25.1. The molecule has 182 valence electrons. The van der Waals surface area contributed by atoms with E-state index >= 15 is 0 Å². The summed E-state index contributed by atoms with van der Waals surface area (Å²) >= 11 is 0. The number of esters is 1. The van der Waals surface area contributed by atoms with Crippen LogP contribution < -0.4 is 14.2 Å². The lowest BCUT2D eigenvalue weighted by atomic mass is 9.88. The Kier molecular flexibility index (Phi) is 8.93. The Morgan fingerprint density at radius 3 is 2.38 bits per heavy atom. The molecule has 0 amide bonds. The minimum absolute atomic E-state index is 0.111. The lowest BCUT2D eigenvalue weighted by Crippen LogP contribution is -2.37. The van der Waals surface area contributed by atoms with Gasteiger partial charge in [0.2, 0.25) is 0 Å². The normalized spacial score (nSPS) is 15.6. The first-order chi connectivity index (χ1) is 16.4. The van der Waals surface area contributed by atoms with Crippen molar-refractivity contribution < 1.29 is 33.6 Å². The van der Waals surface area contributed by atoms with Gasteiger partial charge in [-0.2, -0.15) is 0 Å². The van der Waals surface area contributed by atoms with Crippen LogP contribution in [0.1, 0.15) is 29.2 Å². The second-order valence-corrected chi connectivity index (χ2v) is 7.95. The minimum atomic E-state index is -1.18. The molecule has 0 fully saturated rings. The predicted octanol–water partition coefficient (Wildman–Crippen LogP) is 3.43. The lowest BCUT2D eigenvalue weighted by molar-refractivity contribution is -0.139. The highest BCUT2D eigenvalue weighted by molar-refractivity contribution is 5.90. The van der Waals surface area contributed by atoms with Gasteiger partial charge in [-0.1, -0.05) is 12.1 Å². The van der Waals surface area contributed by atoms with Gasteiger partial charge in [-0.15, -0.1) is 0 Å². The van der Waals surface area contributed by atoms with Crippen LogP contribution in [0.4, 0.5) is 0 Å². The number of hydrogen-bond donors (Lipinski definition) is 1. The monoisotopic (exact) mass is 469 g/mol. The second-order valence-electron chi connectivity index (χ2n) is 7.95. The van der Waals surface area contributed by atoms with Crippen molar-refractivity contribution in [2.45, 2.75) is 25.3 Å². The minimum Gasteiger partial charge on any atom is -0.497 e. The first-order valence-electron chi connectivity index (χ1n) is 11.1. The van der Waals surface area contributed by atoms with Gasteiger partial charge in [0.05, 0.1) is 27.9 Å². The maximum absolute atomic E-state index is 11.6. The second kappa shape index (κ2) is 12.1. The molecule has 8 heteroatoms. The van der Waals surface area contributed by atoms with Crippen LogP contribution in [0, 0.1) is 0 Å². The molecule has 1 N–H and O–H groups in total. The van der Waals surface area contributed by atoms with E-state index in [0.29, 0.717) is 12.2 Å². The van der Waals surface area contributed by atoms with Gasteiger partial charge < -0.3 is 24.1 Å². The van der Waals surface area contributed by atoms with E-state index in [1.165, 1.54) is 16.7 Å². The summed E-state index contributed by atoms with van der Waals surface area (Å²) in [6, 6.07) is 12.3. The Hall–Kier alpha value is -3.52. The number of carboxylic acid groups (broad SMARTS) is 1. The lowest BCUT2D eigenvalue weighted by Gasteiger charge is -2.38.